The van der Waals surface area contributed by atoms with Gasteiger partial charge in [-0.1, -0.05) is 0 Å². The highest BCUT2D eigenvalue weighted by atomic mass is 16.5. The number of aryl methyl sites for hydroxylation is 1. The lowest BCUT2D eigenvalue weighted by Gasteiger charge is -2.19. The van der Waals surface area contributed by atoms with Crippen molar-refractivity contribution in [2.24, 2.45) is 5.92 Å². The molecule has 0 bridgehead atoms. The number of esters is 1. The molecule has 1 unspecified atom stereocenters. The Labute approximate surface area is 111 Å². The van der Waals surface area contributed by atoms with Gasteiger partial charge in [0.1, 0.15) is 11.3 Å². The maximum atomic E-state index is 11.8. The highest BCUT2D eigenvalue weighted by Crippen LogP contribution is 2.35. The summed E-state index contributed by atoms with van der Waals surface area (Å²) in [6.07, 6.45) is 2.29. The van der Waals surface area contributed by atoms with Gasteiger partial charge in [0.05, 0.1) is 12.5 Å². The summed E-state index contributed by atoms with van der Waals surface area (Å²) in [5.41, 5.74) is 8.60. The molecule has 1 aliphatic carbocycles. The molecule has 1 aromatic heterocycles. The van der Waals surface area contributed by atoms with E-state index in [1.54, 1.807) is 0 Å². The van der Waals surface area contributed by atoms with E-state index in [2.05, 4.69) is 0 Å². The number of hydrogen-bond acceptors (Lipinski definition) is 4. The van der Waals surface area contributed by atoms with Gasteiger partial charge in [-0.3, -0.25) is 4.79 Å². The zero-order valence-corrected chi connectivity index (χ0v) is 10.9. The maximum Gasteiger partial charge on any atom is 0.309 e. The lowest BCUT2D eigenvalue weighted by molar-refractivity contribution is -0.148. The molecule has 4 nitrogen and oxygen atoms in total. The molecule has 0 fully saturated rings. The highest BCUT2D eigenvalue weighted by Gasteiger charge is 2.29. The third kappa shape index (κ3) is 2.07. The van der Waals surface area contributed by atoms with E-state index in [9.17, 15) is 4.79 Å². The summed E-state index contributed by atoms with van der Waals surface area (Å²) in [5.74, 6) is 0.711. The number of fused-ring (bicyclic) bond motifs is 3. The Kier molecular flexibility index (Phi) is 2.93. The number of nitrogen functional groups attached to an aromatic ring is 1. The lowest BCUT2D eigenvalue weighted by Crippen LogP contribution is -2.24. The largest absolute Gasteiger partial charge is 0.466 e. The molecular weight excluding hydrogens is 242 g/mol. The number of benzene rings is 1. The fourth-order valence-electron chi connectivity index (χ4n) is 2.76. The maximum absolute atomic E-state index is 11.8. The van der Waals surface area contributed by atoms with Crippen molar-refractivity contribution < 1.29 is 13.9 Å². The van der Waals surface area contributed by atoms with E-state index >= 15 is 0 Å². The molecule has 0 radical (unpaired) electrons. The second-order valence-corrected chi connectivity index (χ2v) is 4.95. The molecular formula is C15H17NO3. The molecule has 0 aliphatic heterocycles. The summed E-state index contributed by atoms with van der Waals surface area (Å²) in [6.45, 7) is 2.26. The highest BCUT2D eigenvalue weighted by molar-refractivity contribution is 5.86. The third-order valence-electron chi connectivity index (χ3n) is 3.69. The van der Waals surface area contributed by atoms with Crippen molar-refractivity contribution in [1.29, 1.82) is 0 Å². The SMILES string of the molecule is CCOC(=O)C1CCc2c(oc3ccc(N)cc23)C1. The van der Waals surface area contributed by atoms with Gasteiger partial charge in [-0.25, -0.2) is 0 Å². The van der Waals surface area contributed by atoms with Crippen LogP contribution in [0.1, 0.15) is 24.7 Å². The lowest BCUT2D eigenvalue weighted by atomic mass is 9.87. The van der Waals surface area contributed by atoms with E-state index in [4.69, 9.17) is 14.9 Å². The summed E-state index contributed by atoms with van der Waals surface area (Å²) in [5, 5.41) is 1.08. The summed E-state index contributed by atoms with van der Waals surface area (Å²) in [6, 6.07) is 5.67. The summed E-state index contributed by atoms with van der Waals surface area (Å²) in [7, 11) is 0. The predicted octanol–water partition coefficient (Wildman–Crippen LogP) is 2.68. The van der Waals surface area contributed by atoms with Crippen LogP contribution in [0.5, 0.6) is 0 Å². The fraction of sp³-hybridized carbons (Fsp3) is 0.400. The molecule has 2 N–H and O–H groups in total. The van der Waals surface area contributed by atoms with Gasteiger partial charge in [-0.05, 0) is 38.0 Å². The van der Waals surface area contributed by atoms with Crippen LogP contribution in [0.25, 0.3) is 11.0 Å². The van der Waals surface area contributed by atoms with Gasteiger partial charge in [-0.15, -0.1) is 0 Å². The predicted molar refractivity (Wildman–Crippen MR) is 72.8 cm³/mol. The van der Waals surface area contributed by atoms with Crippen molar-refractivity contribution in [3.63, 3.8) is 0 Å². The van der Waals surface area contributed by atoms with Crippen LogP contribution < -0.4 is 5.73 Å². The number of nitrogens with two attached hydrogens (primary N) is 1. The van der Waals surface area contributed by atoms with Crippen LogP contribution in [0.2, 0.25) is 0 Å². The van der Waals surface area contributed by atoms with Gasteiger partial charge in [0, 0.05) is 23.1 Å². The Morgan fingerprint density at radius 2 is 2.37 bits per heavy atom. The molecule has 1 aliphatic rings. The van der Waals surface area contributed by atoms with E-state index < -0.39 is 0 Å². The van der Waals surface area contributed by atoms with Crippen LogP contribution >= 0.6 is 0 Å². The van der Waals surface area contributed by atoms with E-state index in [-0.39, 0.29) is 11.9 Å². The zero-order chi connectivity index (χ0) is 13.4. The van der Waals surface area contributed by atoms with Gasteiger partial charge in [0.2, 0.25) is 0 Å². The average molecular weight is 259 g/mol. The molecule has 1 aromatic carbocycles. The Balaban J connectivity index is 1.93. The second kappa shape index (κ2) is 4.61. The Morgan fingerprint density at radius 1 is 1.53 bits per heavy atom. The van der Waals surface area contributed by atoms with Crippen molar-refractivity contribution >= 4 is 22.6 Å². The van der Waals surface area contributed by atoms with E-state index in [1.165, 1.54) is 5.56 Å². The van der Waals surface area contributed by atoms with Gasteiger partial charge in [-0.2, -0.15) is 0 Å². The molecule has 0 amide bonds. The second-order valence-electron chi connectivity index (χ2n) is 4.95. The van der Waals surface area contributed by atoms with Crippen LogP contribution in [0.3, 0.4) is 0 Å². The number of rotatable bonds is 2. The quantitative estimate of drug-likeness (QED) is 0.665. The van der Waals surface area contributed by atoms with Crippen LogP contribution in [-0.2, 0) is 22.4 Å². The number of furan rings is 1. The Bertz CT molecular complexity index is 630. The van der Waals surface area contributed by atoms with Gasteiger partial charge in [0.25, 0.3) is 0 Å². The van der Waals surface area contributed by atoms with Crippen molar-refractivity contribution in [1.82, 2.24) is 0 Å². The number of hydrogen-bond donors (Lipinski definition) is 1. The molecule has 0 saturated carbocycles. The molecule has 0 saturated heterocycles. The van der Waals surface area contributed by atoms with Crippen LogP contribution in [0.15, 0.2) is 22.6 Å². The number of carbonyl (C=O) groups excluding carboxylic acids is 1. The first-order valence-corrected chi connectivity index (χ1v) is 6.65. The fourth-order valence-corrected chi connectivity index (χ4v) is 2.76. The van der Waals surface area contributed by atoms with Gasteiger partial charge >= 0.3 is 5.97 Å². The number of anilines is 1. The monoisotopic (exact) mass is 259 g/mol. The normalized spacial score (nSPS) is 18.3. The molecule has 1 heterocycles. The first-order valence-electron chi connectivity index (χ1n) is 6.65. The first-order chi connectivity index (χ1) is 9.19. The summed E-state index contributed by atoms with van der Waals surface area (Å²) in [4.78, 5) is 11.8. The summed E-state index contributed by atoms with van der Waals surface area (Å²) >= 11 is 0. The Morgan fingerprint density at radius 3 is 3.16 bits per heavy atom. The average Bonchev–Trinajstić information content (AvgIpc) is 2.76. The van der Waals surface area contributed by atoms with Crippen molar-refractivity contribution in [2.75, 3.05) is 12.3 Å². The molecule has 2 aromatic rings. The van der Waals surface area contributed by atoms with E-state index in [1.807, 2.05) is 25.1 Å². The Hall–Kier alpha value is -1.97. The molecule has 3 rings (SSSR count). The van der Waals surface area contributed by atoms with E-state index in [0.29, 0.717) is 13.0 Å². The molecule has 0 spiro atoms. The van der Waals surface area contributed by atoms with Crippen molar-refractivity contribution in [2.45, 2.75) is 26.2 Å². The number of carbonyl (C=O) groups is 1. The molecule has 4 heteroatoms. The zero-order valence-electron chi connectivity index (χ0n) is 10.9. The van der Waals surface area contributed by atoms with Crippen LogP contribution in [0, 0.1) is 5.92 Å². The van der Waals surface area contributed by atoms with Gasteiger partial charge < -0.3 is 14.9 Å². The molecule has 100 valence electrons. The molecule has 19 heavy (non-hydrogen) atoms. The van der Waals surface area contributed by atoms with Crippen LogP contribution in [0.4, 0.5) is 5.69 Å². The topological polar surface area (TPSA) is 65.5 Å². The van der Waals surface area contributed by atoms with Crippen molar-refractivity contribution in [3.05, 3.63) is 29.5 Å². The van der Waals surface area contributed by atoms with Crippen molar-refractivity contribution in [3.8, 4) is 0 Å². The summed E-state index contributed by atoms with van der Waals surface area (Å²) < 4.78 is 10.9. The standard InChI is InChI=1S/C15H17NO3/c1-2-18-15(17)9-3-5-11-12-8-10(16)4-6-13(12)19-14(11)7-9/h4,6,8-9H,2-3,5,7,16H2,1H3. The minimum absolute atomic E-state index is 0.0784. The van der Waals surface area contributed by atoms with Gasteiger partial charge in [0.15, 0.2) is 0 Å². The first kappa shape index (κ1) is 12.1. The third-order valence-corrected chi connectivity index (χ3v) is 3.69. The molecule has 1 atom stereocenters. The minimum Gasteiger partial charge on any atom is -0.466 e. The number of ether oxygens (including phenoxy) is 1. The van der Waals surface area contributed by atoms with Crippen LogP contribution in [-0.4, -0.2) is 12.6 Å². The van der Waals surface area contributed by atoms with E-state index in [0.717, 1.165) is 35.3 Å². The minimum atomic E-state index is -0.117. The smallest absolute Gasteiger partial charge is 0.309 e.